The first-order valence-corrected chi connectivity index (χ1v) is 8.14. The van der Waals surface area contributed by atoms with Crippen LogP contribution >= 0.6 is 22.9 Å². The van der Waals surface area contributed by atoms with Crippen LogP contribution in [0.3, 0.4) is 0 Å². The van der Waals surface area contributed by atoms with Crippen LogP contribution in [0.5, 0.6) is 0 Å². The Morgan fingerprint density at radius 3 is 2.38 bits per heavy atom. The molecule has 0 aliphatic heterocycles. The zero-order valence-corrected chi connectivity index (χ0v) is 13.8. The lowest BCUT2D eigenvalue weighted by Crippen LogP contribution is -2.13. The number of rotatable bonds is 4. The quantitative estimate of drug-likeness (QED) is 0.723. The number of aromatic nitrogens is 1. The first-order valence-electron chi connectivity index (χ1n) is 6.88. The van der Waals surface area contributed by atoms with Gasteiger partial charge in [0.05, 0.1) is 0 Å². The third-order valence-electron chi connectivity index (χ3n) is 3.33. The minimum absolute atomic E-state index is 0.0599. The number of anilines is 1. The van der Waals surface area contributed by atoms with Crippen LogP contribution in [0.25, 0.3) is 11.1 Å². The molecule has 0 radical (unpaired) electrons. The van der Waals surface area contributed by atoms with Gasteiger partial charge in [-0.1, -0.05) is 23.7 Å². The summed E-state index contributed by atoms with van der Waals surface area (Å²) in [7, 11) is 0. The topological polar surface area (TPSA) is 79.3 Å². The van der Waals surface area contributed by atoms with Crippen LogP contribution in [-0.2, 0) is 0 Å². The lowest BCUT2D eigenvalue weighted by Gasteiger charge is -2.06. The summed E-state index contributed by atoms with van der Waals surface area (Å²) in [5.41, 5.74) is 1.72. The van der Waals surface area contributed by atoms with Crippen molar-refractivity contribution in [2.75, 3.05) is 5.32 Å². The largest absolute Gasteiger partial charge is 0.478 e. The van der Waals surface area contributed by atoms with Gasteiger partial charge in [0.15, 0.2) is 0 Å². The molecule has 1 amide bonds. The van der Waals surface area contributed by atoms with E-state index in [9.17, 15) is 14.7 Å². The summed E-state index contributed by atoms with van der Waals surface area (Å²) in [6.07, 6.45) is 3.00. The fraction of sp³-hybridized carbons (Fsp3) is 0. The molecule has 2 N–H and O–H groups in total. The highest BCUT2D eigenvalue weighted by molar-refractivity contribution is 7.15. The van der Waals surface area contributed by atoms with Crippen molar-refractivity contribution in [3.05, 3.63) is 70.3 Å². The lowest BCUT2D eigenvalue weighted by molar-refractivity contribution is 0.0699. The highest BCUT2D eigenvalue weighted by Gasteiger charge is 2.21. The second kappa shape index (κ2) is 6.82. The smallest absolute Gasteiger partial charge is 0.339 e. The van der Waals surface area contributed by atoms with Gasteiger partial charge in [0.2, 0.25) is 0 Å². The standard InChI is InChI=1S/C17H11ClN2O3S/c18-12-3-1-10(2-4-12)13-9-24-16(14(13)17(22)23)20-15(21)11-5-7-19-8-6-11/h1-9H,(H,20,21)(H,22,23). The minimum atomic E-state index is -1.11. The molecule has 7 heteroatoms. The van der Waals surface area contributed by atoms with E-state index in [4.69, 9.17) is 11.6 Å². The molecule has 0 bridgehead atoms. The normalized spacial score (nSPS) is 10.4. The predicted molar refractivity (Wildman–Crippen MR) is 93.9 cm³/mol. The van der Waals surface area contributed by atoms with Gasteiger partial charge in [-0.2, -0.15) is 0 Å². The summed E-state index contributed by atoms with van der Waals surface area (Å²) < 4.78 is 0. The summed E-state index contributed by atoms with van der Waals surface area (Å²) >= 11 is 7.03. The predicted octanol–water partition coefficient (Wildman–Crippen LogP) is 4.41. The maximum Gasteiger partial charge on any atom is 0.339 e. The number of hydrogen-bond donors (Lipinski definition) is 2. The molecule has 0 unspecified atom stereocenters. The summed E-state index contributed by atoms with van der Waals surface area (Å²) in [5, 5.41) is 14.8. The highest BCUT2D eigenvalue weighted by Crippen LogP contribution is 2.36. The zero-order chi connectivity index (χ0) is 17.1. The number of carboxylic acids is 1. The fourth-order valence-electron chi connectivity index (χ4n) is 2.18. The second-order valence-electron chi connectivity index (χ2n) is 4.86. The Hall–Kier alpha value is -2.70. The molecule has 120 valence electrons. The molecule has 0 fully saturated rings. The van der Waals surface area contributed by atoms with Gasteiger partial charge in [0.1, 0.15) is 10.6 Å². The van der Waals surface area contributed by atoms with Crippen LogP contribution < -0.4 is 5.32 Å². The second-order valence-corrected chi connectivity index (χ2v) is 6.17. The average Bonchev–Trinajstić information content (AvgIpc) is 3.00. The summed E-state index contributed by atoms with van der Waals surface area (Å²) in [6, 6.07) is 9.98. The van der Waals surface area contributed by atoms with Crippen molar-refractivity contribution in [1.82, 2.24) is 4.98 Å². The van der Waals surface area contributed by atoms with E-state index < -0.39 is 5.97 Å². The molecule has 5 nitrogen and oxygen atoms in total. The summed E-state index contributed by atoms with van der Waals surface area (Å²) in [5.74, 6) is -1.49. The van der Waals surface area contributed by atoms with Crippen LogP contribution in [0.4, 0.5) is 5.00 Å². The van der Waals surface area contributed by atoms with Crippen LogP contribution in [0.1, 0.15) is 20.7 Å². The van der Waals surface area contributed by atoms with E-state index >= 15 is 0 Å². The van der Waals surface area contributed by atoms with Crippen molar-refractivity contribution in [2.45, 2.75) is 0 Å². The maximum atomic E-state index is 12.2. The molecular formula is C17H11ClN2O3S. The molecule has 0 aliphatic rings. The molecule has 2 aromatic heterocycles. The Morgan fingerprint density at radius 2 is 1.75 bits per heavy atom. The van der Waals surface area contributed by atoms with Crippen LogP contribution in [-0.4, -0.2) is 22.0 Å². The monoisotopic (exact) mass is 358 g/mol. The van der Waals surface area contributed by atoms with Crippen molar-refractivity contribution in [3.63, 3.8) is 0 Å². The van der Waals surface area contributed by atoms with Gasteiger partial charge in [-0.25, -0.2) is 4.79 Å². The molecule has 24 heavy (non-hydrogen) atoms. The zero-order valence-electron chi connectivity index (χ0n) is 12.2. The lowest BCUT2D eigenvalue weighted by atomic mass is 10.0. The number of nitrogens with zero attached hydrogens (tertiary/aromatic N) is 1. The molecule has 3 aromatic rings. The number of benzene rings is 1. The van der Waals surface area contributed by atoms with Gasteiger partial charge >= 0.3 is 5.97 Å². The average molecular weight is 359 g/mol. The molecule has 0 atom stereocenters. The number of nitrogens with one attached hydrogen (secondary N) is 1. The first kappa shape index (κ1) is 16.2. The minimum Gasteiger partial charge on any atom is -0.478 e. The van der Waals surface area contributed by atoms with Gasteiger partial charge in [-0.3, -0.25) is 9.78 Å². The molecular weight excluding hydrogens is 348 g/mol. The van der Waals surface area contributed by atoms with E-state index in [0.29, 0.717) is 16.1 Å². The van der Waals surface area contributed by atoms with Gasteiger partial charge in [-0.15, -0.1) is 11.3 Å². The molecule has 0 saturated heterocycles. The number of hydrogen-bond acceptors (Lipinski definition) is 4. The number of amides is 1. The Morgan fingerprint density at radius 1 is 1.08 bits per heavy atom. The fourth-order valence-corrected chi connectivity index (χ4v) is 3.27. The van der Waals surface area contributed by atoms with Crippen LogP contribution in [0.15, 0.2) is 54.2 Å². The summed E-state index contributed by atoms with van der Waals surface area (Å²) in [6.45, 7) is 0. The van der Waals surface area contributed by atoms with Crippen molar-refractivity contribution >= 4 is 39.8 Å². The number of pyridine rings is 1. The van der Waals surface area contributed by atoms with Gasteiger partial charge in [-0.05, 0) is 29.8 Å². The summed E-state index contributed by atoms with van der Waals surface area (Å²) in [4.78, 5) is 27.8. The van der Waals surface area contributed by atoms with Crippen LogP contribution in [0.2, 0.25) is 5.02 Å². The SMILES string of the molecule is O=C(Nc1scc(-c2ccc(Cl)cc2)c1C(=O)O)c1ccncc1. The van der Waals surface area contributed by atoms with E-state index in [1.165, 1.54) is 23.7 Å². The molecule has 3 rings (SSSR count). The Labute approximate surface area is 146 Å². The van der Waals surface area contributed by atoms with Crippen LogP contribution in [0, 0.1) is 0 Å². The number of carboxylic acid groups (broad SMARTS) is 1. The van der Waals surface area contributed by atoms with Gasteiger partial charge in [0, 0.05) is 33.9 Å². The third-order valence-corrected chi connectivity index (χ3v) is 4.48. The molecule has 1 aromatic carbocycles. The number of halogens is 1. The first-order chi connectivity index (χ1) is 11.6. The molecule has 2 heterocycles. The highest BCUT2D eigenvalue weighted by atomic mass is 35.5. The van der Waals surface area contributed by atoms with Crippen molar-refractivity contribution in [3.8, 4) is 11.1 Å². The van der Waals surface area contributed by atoms with E-state index in [1.807, 2.05) is 0 Å². The van der Waals surface area contributed by atoms with Crippen molar-refractivity contribution in [2.24, 2.45) is 0 Å². The Bertz CT molecular complexity index is 892. The van der Waals surface area contributed by atoms with E-state index in [-0.39, 0.29) is 16.5 Å². The molecule has 0 spiro atoms. The number of thiophene rings is 1. The van der Waals surface area contributed by atoms with Crippen molar-refractivity contribution in [1.29, 1.82) is 0 Å². The van der Waals surface area contributed by atoms with E-state index in [1.54, 1.807) is 41.8 Å². The van der Waals surface area contributed by atoms with Gasteiger partial charge < -0.3 is 10.4 Å². The van der Waals surface area contributed by atoms with Crippen molar-refractivity contribution < 1.29 is 14.7 Å². The maximum absolute atomic E-state index is 12.2. The Balaban J connectivity index is 1.96. The van der Waals surface area contributed by atoms with E-state index in [2.05, 4.69) is 10.3 Å². The molecule has 0 aliphatic carbocycles. The van der Waals surface area contributed by atoms with E-state index in [0.717, 1.165) is 5.56 Å². The number of aromatic carboxylic acids is 1. The number of carbonyl (C=O) groups excluding carboxylic acids is 1. The number of carbonyl (C=O) groups is 2. The Kier molecular flexibility index (Phi) is 4.59. The third kappa shape index (κ3) is 3.29. The molecule has 0 saturated carbocycles. The van der Waals surface area contributed by atoms with Gasteiger partial charge in [0.25, 0.3) is 5.91 Å².